The van der Waals surface area contributed by atoms with E-state index in [1.807, 2.05) is 17.0 Å². The van der Waals surface area contributed by atoms with Crippen LogP contribution in [0.1, 0.15) is 16.1 Å². The molecule has 2 aliphatic rings. The van der Waals surface area contributed by atoms with Crippen LogP contribution in [-0.2, 0) is 11.3 Å². The Morgan fingerprint density at radius 2 is 2.00 bits per heavy atom. The van der Waals surface area contributed by atoms with Crippen LogP contribution in [0.2, 0.25) is 0 Å². The number of hydrogen-bond acceptors (Lipinski definition) is 8. The van der Waals surface area contributed by atoms with Crippen LogP contribution in [0.25, 0.3) is 0 Å². The maximum absolute atomic E-state index is 12.8. The van der Waals surface area contributed by atoms with Crippen molar-refractivity contribution in [2.24, 2.45) is 0 Å². The summed E-state index contributed by atoms with van der Waals surface area (Å²) in [4.78, 5) is 25.5. The maximum Gasteiger partial charge on any atom is 0.272 e. The zero-order valence-electron chi connectivity index (χ0n) is 16.5. The average Bonchev–Trinajstić information content (AvgIpc) is 3.22. The first-order chi connectivity index (χ1) is 14.2. The van der Waals surface area contributed by atoms with Gasteiger partial charge in [-0.3, -0.25) is 9.69 Å². The molecular weight excluding hydrogens is 374 g/mol. The number of anilines is 1. The van der Waals surface area contributed by atoms with E-state index in [0.717, 1.165) is 31.1 Å². The van der Waals surface area contributed by atoms with E-state index in [1.54, 1.807) is 19.4 Å². The lowest BCUT2D eigenvalue weighted by Crippen LogP contribution is -2.48. The second-order valence-corrected chi connectivity index (χ2v) is 6.94. The minimum Gasteiger partial charge on any atom is -0.454 e. The molecule has 0 aliphatic carbocycles. The molecule has 9 heteroatoms. The van der Waals surface area contributed by atoms with Crippen molar-refractivity contribution in [3.63, 3.8) is 0 Å². The quantitative estimate of drug-likeness (QED) is 0.696. The Kier molecular flexibility index (Phi) is 6.06. The van der Waals surface area contributed by atoms with Crippen molar-refractivity contribution in [1.29, 1.82) is 0 Å². The molecule has 3 heterocycles. The van der Waals surface area contributed by atoms with Gasteiger partial charge in [0.05, 0.1) is 6.61 Å². The van der Waals surface area contributed by atoms with Crippen LogP contribution < -0.4 is 14.8 Å². The Hall–Kier alpha value is -2.91. The van der Waals surface area contributed by atoms with Crippen LogP contribution >= 0.6 is 0 Å². The molecule has 0 radical (unpaired) electrons. The molecule has 2 aliphatic heterocycles. The van der Waals surface area contributed by atoms with Gasteiger partial charge in [0.2, 0.25) is 12.7 Å². The number of nitrogens with zero attached hydrogens (tertiary/aromatic N) is 4. The van der Waals surface area contributed by atoms with E-state index >= 15 is 0 Å². The van der Waals surface area contributed by atoms with Gasteiger partial charge in [0, 0.05) is 52.6 Å². The maximum atomic E-state index is 12.8. The fraction of sp³-hybridized carbons (Fsp3) is 0.450. The molecule has 29 heavy (non-hydrogen) atoms. The number of fused-ring (bicyclic) bond motifs is 1. The van der Waals surface area contributed by atoms with E-state index in [9.17, 15) is 4.79 Å². The Morgan fingerprint density at radius 3 is 2.83 bits per heavy atom. The number of ether oxygens (including phenoxy) is 3. The van der Waals surface area contributed by atoms with Crippen molar-refractivity contribution in [2.45, 2.75) is 6.54 Å². The second-order valence-electron chi connectivity index (χ2n) is 6.94. The molecule has 1 aromatic carbocycles. The Bertz CT molecular complexity index is 855. The molecule has 1 saturated heterocycles. The molecule has 0 bridgehead atoms. The highest BCUT2D eigenvalue weighted by atomic mass is 16.7. The third-order valence-electron chi connectivity index (χ3n) is 4.97. The van der Waals surface area contributed by atoms with Crippen LogP contribution in [0.4, 0.5) is 5.95 Å². The third kappa shape index (κ3) is 4.75. The molecule has 2 aromatic rings. The summed E-state index contributed by atoms with van der Waals surface area (Å²) in [7, 11) is 1.63. The van der Waals surface area contributed by atoms with E-state index in [-0.39, 0.29) is 12.7 Å². The number of rotatable bonds is 7. The summed E-state index contributed by atoms with van der Waals surface area (Å²) in [5.74, 6) is 1.97. The van der Waals surface area contributed by atoms with Gasteiger partial charge in [-0.2, -0.15) is 0 Å². The minimum absolute atomic E-state index is 0.0649. The monoisotopic (exact) mass is 399 g/mol. The molecule has 4 rings (SSSR count). The molecule has 1 fully saturated rings. The van der Waals surface area contributed by atoms with Crippen LogP contribution in [0.3, 0.4) is 0 Å². The summed E-state index contributed by atoms with van der Waals surface area (Å²) in [5.41, 5.74) is 1.58. The number of hydrogen-bond donors (Lipinski definition) is 1. The lowest BCUT2D eigenvalue weighted by Gasteiger charge is -2.34. The van der Waals surface area contributed by atoms with Crippen molar-refractivity contribution < 1.29 is 19.0 Å². The molecule has 154 valence electrons. The van der Waals surface area contributed by atoms with Crippen molar-refractivity contribution in [1.82, 2.24) is 19.8 Å². The first kappa shape index (κ1) is 19.4. The third-order valence-corrected chi connectivity index (χ3v) is 4.97. The molecule has 1 N–H and O–H groups in total. The van der Waals surface area contributed by atoms with E-state index in [2.05, 4.69) is 26.3 Å². The van der Waals surface area contributed by atoms with Crippen molar-refractivity contribution in [3.05, 3.63) is 41.7 Å². The van der Waals surface area contributed by atoms with Crippen LogP contribution in [-0.4, -0.2) is 78.9 Å². The smallest absolute Gasteiger partial charge is 0.272 e. The summed E-state index contributed by atoms with van der Waals surface area (Å²) in [6, 6.07) is 7.69. The number of amides is 1. The summed E-state index contributed by atoms with van der Waals surface area (Å²) in [6.07, 6.45) is 1.60. The van der Waals surface area contributed by atoms with Gasteiger partial charge in [0.1, 0.15) is 5.69 Å². The second kappa shape index (κ2) is 9.06. The summed E-state index contributed by atoms with van der Waals surface area (Å²) >= 11 is 0. The van der Waals surface area contributed by atoms with E-state index < -0.39 is 0 Å². The lowest BCUT2D eigenvalue weighted by atomic mass is 10.1. The molecule has 0 saturated carbocycles. The summed E-state index contributed by atoms with van der Waals surface area (Å²) in [5, 5.41) is 3.05. The molecule has 0 atom stereocenters. The average molecular weight is 399 g/mol. The van der Waals surface area contributed by atoms with E-state index in [4.69, 9.17) is 14.2 Å². The van der Waals surface area contributed by atoms with Gasteiger partial charge in [-0.15, -0.1) is 0 Å². The van der Waals surface area contributed by atoms with Gasteiger partial charge in [-0.05, 0) is 23.8 Å². The van der Waals surface area contributed by atoms with Gasteiger partial charge in [-0.1, -0.05) is 6.07 Å². The summed E-state index contributed by atoms with van der Waals surface area (Å²) in [6.45, 7) is 5.19. The highest BCUT2D eigenvalue weighted by Gasteiger charge is 2.24. The first-order valence-electron chi connectivity index (χ1n) is 9.69. The zero-order chi connectivity index (χ0) is 20.1. The van der Waals surface area contributed by atoms with Crippen molar-refractivity contribution in [3.8, 4) is 11.5 Å². The number of carbonyl (C=O) groups excluding carboxylic acids is 1. The number of nitrogens with one attached hydrogen (secondary N) is 1. The van der Waals surface area contributed by atoms with Crippen molar-refractivity contribution >= 4 is 11.9 Å². The topological polar surface area (TPSA) is 89.1 Å². The number of aromatic nitrogens is 2. The van der Waals surface area contributed by atoms with Crippen LogP contribution in [0.15, 0.2) is 30.5 Å². The normalized spacial score (nSPS) is 16.1. The molecular formula is C20H25N5O4. The van der Waals surface area contributed by atoms with Gasteiger partial charge in [0.25, 0.3) is 5.91 Å². The zero-order valence-corrected chi connectivity index (χ0v) is 16.5. The fourth-order valence-corrected chi connectivity index (χ4v) is 3.40. The molecule has 0 spiro atoms. The largest absolute Gasteiger partial charge is 0.454 e. The lowest BCUT2D eigenvalue weighted by molar-refractivity contribution is 0.0622. The molecule has 9 nitrogen and oxygen atoms in total. The van der Waals surface area contributed by atoms with Gasteiger partial charge >= 0.3 is 0 Å². The Morgan fingerprint density at radius 1 is 1.17 bits per heavy atom. The van der Waals surface area contributed by atoms with E-state index in [0.29, 0.717) is 37.9 Å². The number of methoxy groups -OCH3 is 1. The highest BCUT2D eigenvalue weighted by molar-refractivity contribution is 5.92. The van der Waals surface area contributed by atoms with Gasteiger partial charge < -0.3 is 24.4 Å². The van der Waals surface area contributed by atoms with E-state index in [1.165, 1.54) is 5.56 Å². The Labute approximate surface area is 169 Å². The highest BCUT2D eigenvalue weighted by Crippen LogP contribution is 2.32. The number of piperazine rings is 1. The standard InChI is InChI=1S/C20H25N5O4/c1-27-11-6-22-20-21-5-4-16(23-20)19(26)25-9-7-24(8-10-25)13-15-2-3-17-18(12-15)29-14-28-17/h2-5,12H,6-11,13-14H2,1H3,(H,21,22,23). The predicted octanol–water partition coefficient (Wildman–Crippen LogP) is 1.22. The number of carbonyl (C=O) groups is 1. The first-order valence-corrected chi connectivity index (χ1v) is 9.69. The molecule has 1 aromatic heterocycles. The fourth-order valence-electron chi connectivity index (χ4n) is 3.40. The van der Waals surface area contributed by atoms with Gasteiger partial charge in [0.15, 0.2) is 11.5 Å². The van der Waals surface area contributed by atoms with Gasteiger partial charge in [-0.25, -0.2) is 9.97 Å². The molecule has 1 amide bonds. The van der Waals surface area contributed by atoms with Crippen molar-refractivity contribution in [2.75, 3.05) is 58.6 Å². The molecule has 0 unspecified atom stereocenters. The number of benzene rings is 1. The van der Waals surface area contributed by atoms with Crippen LogP contribution in [0, 0.1) is 0 Å². The minimum atomic E-state index is -0.0649. The Balaban J connectivity index is 1.30. The van der Waals surface area contributed by atoms with Crippen LogP contribution in [0.5, 0.6) is 11.5 Å². The SMILES string of the molecule is COCCNc1nccc(C(=O)N2CCN(Cc3ccc4c(c3)OCO4)CC2)n1. The predicted molar refractivity (Wildman–Crippen MR) is 106 cm³/mol. The summed E-state index contributed by atoms with van der Waals surface area (Å²) < 4.78 is 15.8.